The second-order valence-electron chi connectivity index (χ2n) is 4.24. The lowest BCUT2D eigenvalue weighted by Gasteiger charge is -2.29. The van der Waals surface area contributed by atoms with E-state index in [1.165, 1.54) is 0 Å². The van der Waals surface area contributed by atoms with Crippen molar-refractivity contribution in [1.82, 2.24) is 0 Å². The Bertz CT molecular complexity index is 343. The van der Waals surface area contributed by atoms with E-state index in [-0.39, 0.29) is 6.61 Å². The Labute approximate surface area is 96.1 Å². The molecule has 0 heterocycles. The van der Waals surface area contributed by atoms with Crippen LogP contribution in [0.15, 0.2) is 30.3 Å². The van der Waals surface area contributed by atoms with Crippen molar-refractivity contribution in [2.24, 2.45) is 0 Å². The molecular formula is C13H18O3. The van der Waals surface area contributed by atoms with Crippen LogP contribution in [0.3, 0.4) is 0 Å². The number of carbonyl (C=O) groups excluding carboxylic acids is 1. The summed E-state index contributed by atoms with van der Waals surface area (Å²) >= 11 is 0. The van der Waals surface area contributed by atoms with Crippen molar-refractivity contribution >= 4 is 5.97 Å². The van der Waals surface area contributed by atoms with Crippen LogP contribution in [0.5, 0.6) is 0 Å². The van der Waals surface area contributed by atoms with Gasteiger partial charge in [0, 0.05) is 5.41 Å². The molecule has 1 unspecified atom stereocenters. The van der Waals surface area contributed by atoms with E-state index in [0.29, 0.717) is 0 Å². The van der Waals surface area contributed by atoms with Gasteiger partial charge in [0.2, 0.25) is 0 Å². The van der Waals surface area contributed by atoms with Gasteiger partial charge in [-0.15, -0.1) is 0 Å². The lowest BCUT2D eigenvalue weighted by Crippen LogP contribution is -2.41. The Morgan fingerprint density at radius 3 is 2.44 bits per heavy atom. The van der Waals surface area contributed by atoms with Gasteiger partial charge >= 0.3 is 5.97 Å². The van der Waals surface area contributed by atoms with Gasteiger partial charge < -0.3 is 9.84 Å². The molecule has 0 aliphatic carbocycles. The summed E-state index contributed by atoms with van der Waals surface area (Å²) in [5.41, 5.74) is 0.267. The number of aliphatic hydroxyl groups excluding tert-OH is 1. The molecule has 1 aromatic carbocycles. The average Bonchev–Trinajstić information content (AvgIpc) is 2.29. The molecule has 0 saturated carbocycles. The number of rotatable bonds is 4. The third kappa shape index (κ3) is 2.61. The highest BCUT2D eigenvalue weighted by molar-refractivity contribution is 5.76. The van der Waals surface area contributed by atoms with Crippen LogP contribution in [0.1, 0.15) is 26.3 Å². The minimum Gasteiger partial charge on any atom is -0.464 e. The van der Waals surface area contributed by atoms with Crippen LogP contribution in [0.2, 0.25) is 0 Å². The molecule has 0 spiro atoms. The Kier molecular flexibility index (Phi) is 4.07. The highest BCUT2D eigenvalue weighted by Crippen LogP contribution is 2.27. The van der Waals surface area contributed by atoms with E-state index in [2.05, 4.69) is 0 Å². The largest absolute Gasteiger partial charge is 0.464 e. The van der Waals surface area contributed by atoms with Crippen molar-refractivity contribution < 1.29 is 14.6 Å². The maximum Gasteiger partial charge on any atom is 0.335 e. The van der Waals surface area contributed by atoms with E-state index in [0.717, 1.165) is 5.56 Å². The predicted molar refractivity (Wildman–Crippen MR) is 62.1 cm³/mol. The van der Waals surface area contributed by atoms with Crippen molar-refractivity contribution in [1.29, 1.82) is 0 Å². The topological polar surface area (TPSA) is 46.5 Å². The molecule has 1 atom stereocenters. The Morgan fingerprint density at radius 2 is 1.94 bits per heavy atom. The summed E-state index contributed by atoms with van der Waals surface area (Å²) in [4.78, 5) is 11.5. The normalized spacial score (nSPS) is 13.2. The SMILES string of the molecule is CCOC(=O)C(O)C(C)(C)c1ccccc1. The van der Waals surface area contributed by atoms with Crippen LogP contribution in [0, 0.1) is 0 Å². The summed E-state index contributed by atoms with van der Waals surface area (Å²) in [5.74, 6) is -0.573. The maximum absolute atomic E-state index is 11.5. The first-order valence-electron chi connectivity index (χ1n) is 5.40. The second kappa shape index (κ2) is 5.12. The molecule has 0 aliphatic heterocycles. The fraction of sp³-hybridized carbons (Fsp3) is 0.462. The van der Waals surface area contributed by atoms with E-state index in [1.54, 1.807) is 6.92 Å². The van der Waals surface area contributed by atoms with E-state index < -0.39 is 17.5 Å². The number of benzene rings is 1. The molecule has 3 heteroatoms. The zero-order valence-electron chi connectivity index (χ0n) is 9.93. The summed E-state index contributed by atoms with van der Waals surface area (Å²) < 4.78 is 4.82. The first-order chi connectivity index (χ1) is 7.50. The van der Waals surface area contributed by atoms with Gasteiger partial charge in [-0.3, -0.25) is 0 Å². The minimum absolute atomic E-state index is 0.279. The van der Waals surface area contributed by atoms with E-state index in [9.17, 15) is 9.90 Å². The van der Waals surface area contributed by atoms with Gasteiger partial charge in [0.15, 0.2) is 6.10 Å². The number of esters is 1. The standard InChI is InChI=1S/C13H18O3/c1-4-16-12(15)11(14)13(2,3)10-8-6-5-7-9-10/h5-9,11,14H,4H2,1-3H3. The van der Waals surface area contributed by atoms with Gasteiger partial charge in [0.1, 0.15) is 0 Å². The first kappa shape index (κ1) is 12.7. The molecular weight excluding hydrogens is 204 g/mol. The molecule has 0 bridgehead atoms. The van der Waals surface area contributed by atoms with Gasteiger partial charge in [-0.05, 0) is 12.5 Å². The van der Waals surface area contributed by atoms with Gasteiger partial charge in [0.25, 0.3) is 0 Å². The predicted octanol–water partition coefficient (Wildman–Crippen LogP) is 1.89. The monoisotopic (exact) mass is 222 g/mol. The van der Waals surface area contributed by atoms with E-state index in [1.807, 2.05) is 44.2 Å². The summed E-state index contributed by atoms with van der Waals surface area (Å²) in [6.07, 6.45) is -1.14. The lowest BCUT2D eigenvalue weighted by molar-refractivity contribution is -0.156. The molecule has 0 saturated heterocycles. The first-order valence-corrected chi connectivity index (χ1v) is 5.40. The molecule has 0 aromatic heterocycles. The van der Waals surface area contributed by atoms with Gasteiger partial charge in [0.05, 0.1) is 6.61 Å². The number of aliphatic hydroxyl groups is 1. The molecule has 3 nitrogen and oxygen atoms in total. The van der Waals surface area contributed by atoms with Crippen LogP contribution >= 0.6 is 0 Å². The summed E-state index contributed by atoms with van der Waals surface area (Å²) in [6.45, 7) is 5.65. The Balaban J connectivity index is 2.89. The smallest absolute Gasteiger partial charge is 0.335 e. The second-order valence-corrected chi connectivity index (χ2v) is 4.24. The van der Waals surface area contributed by atoms with Gasteiger partial charge in [-0.1, -0.05) is 44.2 Å². The molecule has 0 radical (unpaired) electrons. The van der Waals surface area contributed by atoms with Crippen LogP contribution < -0.4 is 0 Å². The van der Waals surface area contributed by atoms with Crippen LogP contribution in [-0.4, -0.2) is 23.8 Å². The summed E-state index contributed by atoms with van der Waals surface area (Å²) in [6, 6.07) is 9.45. The third-order valence-corrected chi connectivity index (χ3v) is 2.71. The number of hydrogen-bond donors (Lipinski definition) is 1. The molecule has 0 aliphatic rings. The summed E-state index contributed by atoms with van der Waals surface area (Å²) in [7, 11) is 0. The fourth-order valence-electron chi connectivity index (χ4n) is 1.54. The zero-order chi connectivity index (χ0) is 12.2. The van der Waals surface area contributed by atoms with E-state index in [4.69, 9.17) is 4.74 Å². The third-order valence-electron chi connectivity index (χ3n) is 2.71. The molecule has 1 rings (SSSR count). The number of ether oxygens (including phenoxy) is 1. The van der Waals surface area contributed by atoms with Gasteiger partial charge in [-0.25, -0.2) is 4.79 Å². The van der Waals surface area contributed by atoms with Crippen molar-refractivity contribution in [3.05, 3.63) is 35.9 Å². The highest BCUT2D eigenvalue weighted by Gasteiger charge is 2.35. The maximum atomic E-state index is 11.5. The van der Waals surface area contributed by atoms with Crippen LogP contribution in [0.25, 0.3) is 0 Å². The summed E-state index contributed by atoms with van der Waals surface area (Å²) in [5, 5.41) is 9.96. The van der Waals surface area contributed by atoms with Gasteiger partial charge in [-0.2, -0.15) is 0 Å². The van der Waals surface area contributed by atoms with Crippen molar-refractivity contribution in [3.63, 3.8) is 0 Å². The molecule has 1 N–H and O–H groups in total. The highest BCUT2D eigenvalue weighted by atomic mass is 16.5. The Hall–Kier alpha value is -1.35. The molecule has 1 aromatic rings. The molecule has 16 heavy (non-hydrogen) atoms. The molecule has 88 valence electrons. The molecule has 0 fully saturated rings. The van der Waals surface area contributed by atoms with Crippen LogP contribution in [-0.2, 0) is 14.9 Å². The lowest BCUT2D eigenvalue weighted by atomic mass is 9.79. The van der Waals surface area contributed by atoms with E-state index >= 15 is 0 Å². The molecule has 0 amide bonds. The zero-order valence-corrected chi connectivity index (χ0v) is 9.93. The van der Waals surface area contributed by atoms with Crippen LogP contribution in [0.4, 0.5) is 0 Å². The number of hydrogen-bond acceptors (Lipinski definition) is 3. The Morgan fingerprint density at radius 1 is 1.38 bits per heavy atom. The number of carbonyl (C=O) groups is 1. The quantitative estimate of drug-likeness (QED) is 0.791. The fourth-order valence-corrected chi connectivity index (χ4v) is 1.54. The van der Waals surface area contributed by atoms with Crippen molar-refractivity contribution in [2.45, 2.75) is 32.3 Å². The minimum atomic E-state index is -1.14. The van der Waals surface area contributed by atoms with Crippen molar-refractivity contribution in [3.8, 4) is 0 Å². The average molecular weight is 222 g/mol. The van der Waals surface area contributed by atoms with Crippen molar-refractivity contribution in [2.75, 3.05) is 6.61 Å².